The average molecular weight is 517 g/mol. The second-order valence-corrected chi connectivity index (χ2v) is 10.9. The molecule has 0 saturated heterocycles. The molecule has 0 atom stereocenters. The molecule has 0 aliphatic carbocycles. The van der Waals surface area contributed by atoms with Gasteiger partial charge in [0, 0.05) is 35.1 Å². The summed E-state index contributed by atoms with van der Waals surface area (Å²) in [5.41, 5.74) is 4.77. The van der Waals surface area contributed by atoms with Crippen molar-refractivity contribution in [2.75, 3.05) is 0 Å². The maximum Gasteiger partial charge on any atom is 0.165 e. The number of aromatic nitrogens is 1. The van der Waals surface area contributed by atoms with Crippen LogP contribution >= 0.6 is 0 Å². The first kappa shape index (κ1) is 27.2. The van der Waals surface area contributed by atoms with E-state index in [1.165, 1.54) is 6.07 Å². The Hall–Kier alpha value is -3.80. The van der Waals surface area contributed by atoms with Crippen molar-refractivity contribution in [2.45, 2.75) is 65.5 Å². The van der Waals surface area contributed by atoms with Gasteiger partial charge in [0.15, 0.2) is 17.4 Å². The third-order valence-corrected chi connectivity index (χ3v) is 6.29. The molecule has 4 aromatic rings. The van der Waals surface area contributed by atoms with Gasteiger partial charge in [-0.1, -0.05) is 67.5 Å². The van der Waals surface area contributed by atoms with Crippen LogP contribution < -0.4 is 0 Å². The molecule has 1 heterocycles. The van der Waals surface area contributed by atoms with E-state index in [1.54, 1.807) is 6.21 Å². The van der Waals surface area contributed by atoms with Crippen LogP contribution in [0.15, 0.2) is 71.9 Å². The molecule has 0 aliphatic rings. The van der Waals surface area contributed by atoms with Crippen molar-refractivity contribution in [1.82, 2.24) is 4.57 Å². The number of aryl methyl sites for hydroxylation is 1. The molecule has 0 fully saturated rings. The molecule has 1 aromatic heterocycles. The second kappa shape index (κ2) is 11.3. The number of carbonyl (C=O) groups excluding carboxylic acids is 1. The van der Waals surface area contributed by atoms with E-state index in [-0.39, 0.29) is 18.1 Å². The van der Waals surface area contributed by atoms with E-state index in [0.717, 1.165) is 39.9 Å². The molecule has 0 N–H and O–H groups in total. The normalized spacial score (nSPS) is 12.1. The summed E-state index contributed by atoms with van der Waals surface area (Å²) < 4.78 is 29.3. The van der Waals surface area contributed by atoms with Crippen LogP contribution in [0.2, 0.25) is 0 Å². The van der Waals surface area contributed by atoms with Gasteiger partial charge < -0.3 is 9.40 Å². The highest BCUT2D eigenvalue weighted by molar-refractivity contribution is 6.10. The fourth-order valence-electron chi connectivity index (χ4n) is 4.62. The van der Waals surface area contributed by atoms with Gasteiger partial charge in [-0.2, -0.15) is 0 Å². The maximum atomic E-state index is 13.7. The first-order valence-corrected chi connectivity index (χ1v) is 12.9. The highest BCUT2D eigenvalue weighted by Crippen LogP contribution is 2.34. The lowest BCUT2D eigenvalue weighted by molar-refractivity contribution is 0.00199. The Morgan fingerprint density at radius 3 is 2.37 bits per heavy atom. The summed E-state index contributed by atoms with van der Waals surface area (Å²) >= 11 is 0. The molecule has 0 aliphatic heterocycles. The summed E-state index contributed by atoms with van der Waals surface area (Å²) in [4.78, 5) is 19.2. The van der Waals surface area contributed by atoms with Crippen LogP contribution in [-0.4, -0.2) is 22.2 Å². The van der Waals surface area contributed by atoms with E-state index < -0.39 is 17.2 Å². The molecule has 3 aromatic carbocycles. The standard InChI is InChI=1S/C32H34F2N2O2/c1-21(2)31-30(29(37)16-13-22-12-15-26(33)27(34)17-22)25-14-11-24(19-35-38-32(3,4)5)18-28(25)36(31)20-23-9-7-6-8-10-23/h6-12,14-15,17-19,21H,13,16,20H2,1-5H3/b35-19-. The zero-order chi connectivity index (χ0) is 27.4. The third kappa shape index (κ3) is 6.36. The van der Waals surface area contributed by atoms with Crippen molar-refractivity contribution in [3.05, 3.63) is 106 Å². The van der Waals surface area contributed by atoms with E-state index in [4.69, 9.17) is 4.84 Å². The molecular formula is C32H34F2N2O2. The highest BCUT2D eigenvalue weighted by atomic mass is 19.2. The quantitative estimate of drug-likeness (QED) is 0.128. The largest absolute Gasteiger partial charge is 0.390 e. The number of oxime groups is 1. The minimum absolute atomic E-state index is 0.0206. The first-order valence-electron chi connectivity index (χ1n) is 12.9. The topological polar surface area (TPSA) is 43.6 Å². The van der Waals surface area contributed by atoms with E-state index in [9.17, 15) is 13.6 Å². The lowest BCUT2D eigenvalue weighted by atomic mass is 9.96. The van der Waals surface area contributed by atoms with Crippen molar-refractivity contribution < 1.29 is 18.4 Å². The minimum Gasteiger partial charge on any atom is -0.390 e. The average Bonchev–Trinajstić information content (AvgIpc) is 3.18. The lowest BCUT2D eigenvalue weighted by Crippen LogP contribution is -2.15. The van der Waals surface area contributed by atoms with Gasteiger partial charge >= 0.3 is 0 Å². The van der Waals surface area contributed by atoms with Crippen molar-refractivity contribution >= 4 is 22.9 Å². The van der Waals surface area contributed by atoms with Gasteiger partial charge in [-0.05, 0) is 68.0 Å². The summed E-state index contributed by atoms with van der Waals surface area (Å²) in [6.45, 7) is 10.6. The Bertz CT molecular complexity index is 1460. The summed E-state index contributed by atoms with van der Waals surface area (Å²) in [6, 6.07) is 19.9. The number of fused-ring (bicyclic) bond motifs is 1. The molecule has 6 heteroatoms. The molecule has 0 saturated carbocycles. The van der Waals surface area contributed by atoms with Gasteiger partial charge in [0.2, 0.25) is 0 Å². The summed E-state index contributed by atoms with van der Waals surface area (Å²) in [5.74, 6) is -1.73. The minimum atomic E-state index is -0.901. The fraction of sp³-hybridized carbons (Fsp3) is 0.312. The zero-order valence-electron chi connectivity index (χ0n) is 22.6. The van der Waals surface area contributed by atoms with Crippen LogP contribution in [-0.2, 0) is 17.8 Å². The van der Waals surface area contributed by atoms with Gasteiger partial charge in [0.05, 0.1) is 6.21 Å². The zero-order valence-corrected chi connectivity index (χ0v) is 22.6. The van der Waals surface area contributed by atoms with E-state index in [0.29, 0.717) is 24.1 Å². The van der Waals surface area contributed by atoms with E-state index >= 15 is 0 Å². The SMILES string of the molecule is CC(C)c1c(C(=O)CCc2ccc(F)c(F)c2)c2ccc(/C=N\OC(C)(C)C)cc2n1Cc1ccccc1. The maximum absolute atomic E-state index is 13.7. The fourth-order valence-corrected chi connectivity index (χ4v) is 4.62. The highest BCUT2D eigenvalue weighted by Gasteiger charge is 2.25. The second-order valence-electron chi connectivity index (χ2n) is 10.9. The number of carbonyl (C=O) groups is 1. The van der Waals surface area contributed by atoms with Crippen molar-refractivity contribution in [2.24, 2.45) is 5.16 Å². The third-order valence-electron chi connectivity index (χ3n) is 6.29. The van der Waals surface area contributed by atoms with Crippen LogP contribution in [0.3, 0.4) is 0 Å². The molecule has 198 valence electrons. The number of nitrogens with zero attached hydrogens (tertiary/aromatic N) is 2. The van der Waals surface area contributed by atoms with Crippen LogP contribution in [0.4, 0.5) is 8.78 Å². The molecule has 4 rings (SSSR count). The smallest absolute Gasteiger partial charge is 0.165 e. The molecule has 38 heavy (non-hydrogen) atoms. The predicted octanol–water partition coefficient (Wildman–Crippen LogP) is 8.06. The van der Waals surface area contributed by atoms with Crippen molar-refractivity contribution in [3.63, 3.8) is 0 Å². The van der Waals surface area contributed by atoms with Gasteiger partial charge in [-0.25, -0.2) is 8.78 Å². The van der Waals surface area contributed by atoms with Crippen LogP contribution in [0.1, 0.15) is 79.7 Å². The Morgan fingerprint density at radius 1 is 0.974 bits per heavy atom. The molecule has 4 nitrogen and oxygen atoms in total. The number of benzene rings is 3. The van der Waals surface area contributed by atoms with E-state index in [1.807, 2.05) is 57.2 Å². The summed E-state index contributed by atoms with van der Waals surface area (Å²) in [6.07, 6.45) is 2.20. The number of hydrogen-bond acceptors (Lipinski definition) is 3. The van der Waals surface area contributed by atoms with E-state index in [2.05, 4.69) is 35.7 Å². The molecule has 0 amide bonds. The number of Topliss-reactive ketones (excluding diaryl/α,β-unsaturated/α-hetero) is 1. The Labute approximate surface area is 222 Å². The Morgan fingerprint density at radius 2 is 1.71 bits per heavy atom. The van der Waals surface area contributed by atoms with Crippen LogP contribution in [0.25, 0.3) is 10.9 Å². The molecule has 0 bridgehead atoms. The molecule has 0 radical (unpaired) electrons. The van der Waals surface area contributed by atoms with Gasteiger partial charge in [0.25, 0.3) is 0 Å². The Kier molecular flexibility index (Phi) is 8.10. The van der Waals surface area contributed by atoms with Gasteiger partial charge in [-0.3, -0.25) is 4.79 Å². The van der Waals surface area contributed by atoms with Crippen LogP contribution in [0, 0.1) is 11.6 Å². The molecular weight excluding hydrogens is 482 g/mol. The number of rotatable bonds is 9. The number of ketones is 1. The number of halogens is 2. The van der Waals surface area contributed by atoms with Gasteiger partial charge in [0.1, 0.15) is 5.60 Å². The monoisotopic (exact) mass is 516 g/mol. The summed E-state index contributed by atoms with van der Waals surface area (Å²) in [5, 5.41) is 5.02. The van der Waals surface area contributed by atoms with Crippen molar-refractivity contribution in [1.29, 1.82) is 0 Å². The summed E-state index contributed by atoms with van der Waals surface area (Å²) in [7, 11) is 0. The molecule has 0 spiro atoms. The van der Waals surface area contributed by atoms with Gasteiger partial charge in [-0.15, -0.1) is 0 Å². The van der Waals surface area contributed by atoms with Crippen molar-refractivity contribution in [3.8, 4) is 0 Å². The number of hydrogen-bond donors (Lipinski definition) is 0. The predicted molar refractivity (Wildman–Crippen MR) is 149 cm³/mol. The van der Waals surface area contributed by atoms with Crippen LogP contribution in [0.5, 0.6) is 0 Å². The lowest BCUT2D eigenvalue weighted by Gasteiger charge is -2.16. The molecule has 0 unspecified atom stereocenters. The Balaban J connectivity index is 1.77. The first-order chi connectivity index (χ1) is 18.0.